The molecule has 3 aromatic heterocycles. The van der Waals surface area contributed by atoms with E-state index < -0.39 is 0 Å². The predicted octanol–water partition coefficient (Wildman–Crippen LogP) is 3.49. The lowest BCUT2D eigenvalue weighted by Crippen LogP contribution is -2.14. The number of aryl methyl sites for hydroxylation is 1. The van der Waals surface area contributed by atoms with Crippen LogP contribution in [0.15, 0.2) is 30.7 Å². The molecular weight excluding hydrogens is 347 g/mol. The summed E-state index contributed by atoms with van der Waals surface area (Å²) in [7, 11) is 1.92. The van der Waals surface area contributed by atoms with Gasteiger partial charge in [-0.25, -0.2) is 19.3 Å². The van der Waals surface area contributed by atoms with Crippen molar-refractivity contribution in [1.82, 2.24) is 24.5 Å². The molecule has 4 rings (SSSR count). The molecule has 0 spiro atoms. The summed E-state index contributed by atoms with van der Waals surface area (Å²) in [6, 6.07) is 4.51. The zero-order valence-corrected chi connectivity index (χ0v) is 15.5. The van der Waals surface area contributed by atoms with Crippen LogP contribution in [0.3, 0.4) is 0 Å². The minimum atomic E-state index is -0.300. The fraction of sp³-hybridized carbons (Fsp3) is 0.316. The smallest absolute Gasteiger partial charge is 0.145 e. The van der Waals surface area contributed by atoms with E-state index in [1.165, 1.54) is 18.5 Å². The number of hydrogen-bond acceptors (Lipinski definition) is 5. The summed E-state index contributed by atoms with van der Waals surface area (Å²) < 4.78 is 21.0. The lowest BCUT2D eigenvalue weighted by atomic mass is 10.2. The molecule has 0 aliphatic rings. The standard InChI is InChI=1S/C19H21FN6O/c1-11(2)27-7-6-21-18-16-13(9-26(3)19(16)23-10-22-18)17-24-14-5-4-12(20)8-15(14)25-17/h4-5,8-11H,6-7H2,1-3H3,(H,24,25)(H,21,22,23). The molecule has 27 heavy (non-hydrogen) atoms. The van der Waals surface area contributed by atoms with Crippen molar-refractivity contribution in [3.05, 3.63) is 36.5 Å². The van der Waals surface area contributed by atoms with Gasteiger partial charge in [-0.3, -0.25) is 0 Å². The molecule has 0 aliphatic carbocycles. The molecule has 7 nitrogen and oxygen atoms in total. The summed E-state index contributed by atoms with van der Waals surface area (Å²) >= 11 is 0. The van der Waals surface area contributed by atoms with Gasteiger partial charge in [-0.15, -0.1) is 0 Å². The molecule has 8 heteroatoms. The van der Waals surface area contributed by atoms with Crippen LogP contribution >= 0.6 is 0 Å². The molecule has 0 fully saturated rings. The highest BCUT2D eigenvalue weighted by molar-refractivity contribution is 6.01. The van der Waals surface area contributed by atoms with Crippen LogP contribution in [-0.2, 0) is 11.8 Å². The lowest BCUT2D eigenvalue weighted by Gasteiger charge is -2.10. The van der Waals surface area contributed by atoms with Crippen LogP contribution in [0.4, 0.5) is 10.2 Å². The van der Waals surface area contributed by atoms with Crippen molar-refractivity contribution in [2.45, 2.75) is 20.0 Å². The van der Waals surface area contributed by atoms with Crippen LogP contribution in [0.2, 0.25) is 0 Å². The maximum absolute atomic E-state index is 13.5. The highest BCUT2D eigenvalue weighted by Gasteiger charge is 2.17. The quantitative estimate of drug-likeness (QED) is 0.509. The Hall–Kier alpha value is -3.00. The number of hydrogen-bond donors (Lipinski definition) is 2. The number of anilines is 1. The van der Waals surface area contributed by atoms with Crippen LogP contribution in [0.5, 0.6) is 0 Å². The highest BCUT2D eigenvalue weighted by atomic mass is 19.1. The van der Waals surface area contributed by atoms with Gasteiger partial charge in [0.15, 0.2) is 0 Å². The van der Waals surface area contributed by atoms with E-state index in [-0.39, 0.29) is 11.9 Å². The van der Waals surface area contributed by atoms with Crippen molar-refractivity contribution in [3.8, 4) is 11.4 Å². The zero-order valence-electron chi connectivity index (χ0n) is 15.5. The molecule has 0 amide bonds. The minimum Gasteiger partial charge on any atom is -0.377 e. The molecule has 0 unspecified atom stereocenters. The number of fused-ring (bicyclic) bond motifs is 2. The Morgan fingerprint density at radius 2 is 2.15 bits per heavy atom. The Labute approximate surface area is 155 Å². The van der Waals surface area contributed by atoms with E-state index in [1.54, 1.807) is 6.07 Å². The zero-order chi connectivity index (χ0) is 19.0. The van der Waals surface area contributed by atoms with Crippen LogP contribution in [-0.4, -0.2) is 43.8 Å². The molecule has 3 heterocycles. The van der Waals surface area contributed by atoms with E-state index in [9.17, 15) is 4.39 Å². The van der Waals surface area contributed by atoms with Gasteiger partial charge in [-0.2, -0.15) is 0 Å². The van der Waals surface area contributed by atoms with Crippen molar-refractivity contribution < 1.29 is 9.13 Å². The van der Waals surface area contributed by atoms with Gasteiger partial charge in [-0.1, -0.05) is 0 Å². The van der Waals surface area contributed by atoms with E-state index in [1.807, 2.05) is 31.7 Å². The first-order valence-electron chi connectivity index (χ1n) is 8.84. The average Bonchev–Trinajstić information content (AvgIpc) is 3.20. The maximum atomic E-state index is 13.5. The molecular formula is C19H21FN6O. The highest BCUT2D eigenvalue weighted by Crippen LogP contribution is 2.32. The lowest BCUT2D eigenvalue weighted by molar-refractivity contribution is 0.0870. The summed E-state index contributed by atoms with van der Waals surface area (Å²) in [4.78, 5) is 16.6. The Bertz CT molecular complexity index is 1100. The Morgan fingerprint density at radius 3 is 2.96 bits per heavy atom. The molecule has 2 N–H and O–H groups in total. The van der Waals surface area contributed by atoms with Crippen molar-refractivity contribution in [1.29, 1.82) is 0 Å². The molecule has 0 atom stereocenters. The second-order valence-corrected chi connectivity index (χ2v) is 6.67. The van der Waals surface area contributed by atoms with Gasteiger partial charge >= 0.3 is 0 Å². The monoisotopic (exact) mass is 368 g/mol. The predicted molar refractivity (Wildman–Crippen MR) is 103 cm³/mol. The van der Waals surface area contributed by atoms with Crippen molar-refractivity contribution in [2.75, 3.05) is 18.5 Å². The number of nitrogens with one attached hydrogen (secondary N) is 2. The molecule has 0 saturated carbocycles. The summed E-state index contributed by atoms with van der Waals surface area (Å²) in [6.07, 6.45) is 3.66. The van der Waals surface area contributed by atoms with Crippen molar-refractivity contribution in [2.24, 2.45) is 7.05 Å². The van der Waals surface area contributed by atoms with E-state index in [4.69, 9.17) is 4.74 Å². The van der Waals surface area contributed by atoms with Crippen molar-refractivity contribution in [3.63, 3.8) is 0 Å². The molecule has 0 radical (unpaired) electrons. The van der Waals surface area contributed by atoms with Gasteiger partial charge < -0.3 is 19.6 Å². The summed E-state index contributed by atoms with van der Waals surface area (Å²) in [5, 5.41) is 4.18. The number of nitrogens with zero attached hydrogens (tertiary/aromatic N) is 4. The largest absolute Gasteiger partial charge is 0.377 e. The maximum Gasteiger partial charge on any atom is 0.145 e. The fourth-order valence-electron chi connectivity index (χ4n) is 3.10. The fourth-order valence-corrected chi connectivity index (χ4v) is 3.10. The first kappa shape index (κ1) is 17.4. The second-order valence-electron chi connectivity index (χ2n) is 6.67. The molecule has 4 aromatic rings. The summed E-state index contributed by atoms with van der Waals surface area (Å²) in [5.74, 6) is 1.07. The SMILES string of the molecule is CC(C)OCCNc1ncnc2c1c(-c1nc3ccc(F)cc3[nH]1)cn2C. The first-order valence-corrected chi connectivity index (χ1v) is 8.84. The van der Waals surface area contributed by atoms with Gasteiger partial charge in [0, 0.05) is 25.4 Å². The molecule has 1 aromatic carbocycles. The topological polar surface area (TPSA) is 80.7 Å². The number of ether oxygens (including phenoxy) is 1. The molecule has 140 valence electrons. The minimum absolute atomic E-state index is 0.181. The van der Waals surface area contributed by atoms with Gasteiger partial charge in [0.2, 0.25) is 0 Å². The molecule has 0 saturated heterocycles. The number of H-pyrrole nitrogens is 1. The van der Waals surface area contributed by atoms with Crippen molar-refractivity contribution >= 4 is 27.9 Å². The van der Waals surface area contributed by atoms with Gasteiger partial charge in [0.1, 0.15) is 29.4 Å². The first-order chi connectivity index (χ1) is 13.0. The van der Waals surface area contributed by atoms with Gasteiger partial charge in [-0.05, 0) is 32.0 Å². The van der Waals surface area contributed by atoms with E-state index in [2.05, 4.69) is 25.3 Å². The Morgan fingerprint density at radius 1 is 1.30 bits per heavy atom. The Balaban J connectivity index is 1.75. The van der Waals surface area contributed by atoms with Crippen LogP contribution in [0, 0.1) is 5.82 Å². The van der Waals surface area contributed by atoms with Crippen LogP contribution < -0.4 is 5.32 Å². The number of imidazole rings is 1. The van der Waals surface area contributed by atoms with Crippen LogP contribution in [0.1, 0.15) is 13.8 Å². The van der Waals surface area contributed by atoms with Crippen LogP contribution in [0.25, 0.3) is 33.5 Å². The second kappa shape index (κ2) is 6.96. The van der Waals surface area contributed by atoms with E-state index in [0.29, 0.717) is 30.0 Å². The molecule has 0 bridgehead atoms. The number of benzene rings is 1. The number of rotatable bonds is 6. The number of aromatic nitrogens is 5. The van der Waals surface area contributed by atoms with Gasteiger partial charge in [0.25, 0.3) is 0 Å². The summed E-state index contributed by atoms with van der Waals surface area (Å²) in [6.45, 7) is 5.21. The van der Waals surface area contributed by atoms with E-state index in [0.717, 1.165) is 22.4 Å². The number of halogens is 1. The average molecular weight is 368 g/mol. The third kappa shape index (κ3) is 3.35. The number of aromatic amines is 1. The van der Waals surface area contributed by atoms with Gasteiger partial charge in [0.05, 0.1) is 29.1 Å². The summed E-state index contributed by atoms with van der Waals surface area (Å²) in [5.41, 5.74) is 3.01. The van der Waals surface area contributed by atoms with E-state index >= 15 is 0 Å². The molecule has 0 aliphatic heterocycles. The third-order valence-electron chi connectivity index (χ3n) is 4.30. The normalized spacial score (nSPS) is 11.7. The Kier molecular flexibility index (Phi) is 4.49. The third-order valence-corrected chi connectivity index (χ3v) is 4.30.